The SMILES string of the molecule is COCCNCc1ccc(N(C)CC2(O)CCCC2)cc1. The molecule has 0 radical (unpaired) electrons. The van der Waals surface area contributed by atoms with Crippen molar-refractivity contribution < 1.29 is 9.84 Å². The van der Waals surface area contributed by atoms with Crippen molar-refractivity contribution in [3.63, 3.8) is 0 Å². The van der Waals surface area contributed by atoms with E-state index in [9.17, 15) is 5.11 Å². The number of methoxy groups -OCH3 is 1. The van der Waals surface area contributed by atoms with Crippen LogP contribution in [-0.2, 0) is 11.3 Å². The minimum absolute atomic E-state index is 0.491. The molecule has 0 aliphatic heterocycles. The maximum Gasteiger partial charge on any atom is 0.0821 e. The molecule has 0 bridgehead atoms. The molecule has 1 fully saturated rings. The van der Waals surface area contributed by atoms with E-state index in [0.717, 1.165) is 57.6 Å². The van der Waals surface area contributed by atoms with E-state index in [4.69, 9.17) is 4.74 Å². The first-order valence-electron chi connectivity index (χ1n) is 7.85. The van der Waals surface area contributed by atoms with Crippen LogP contribution in [0, 0.1) is 0 Å². The Hall–Kier alpha value is -1.10. The van der Waals surface area contributed by atoms with Gasteiger partial charge >= 0.3 is 0 Å². The Bertz CT molecular complexity index is 413. The lowest BCUT2D eigenvalue weighted by atomic mass is 10.0. The lowest BCUT2D eigenvalue weighted by Crippen LogP contribution is -2.39. The highest BCUT2D eigenvalue weighted by molar-refractivity contribution is 5.47. The van der Waals surface area contributed by atoms with Crippen molar-refractivity contribution in [3.8, 4) is 0 Å². The zero-order valence-corrected chi connectivity index (χ0v) is 13.3. The van der Waals surface area contributed by atoms with E-state index in [0.29, 0.717) is 0 Å². The Morgan fingerprint density at radius 3 is 2.52 bits per heavy atom. The third-order valence-corrected chi connectivity index (χ3v) is 4.25. The number of aliphatic hydroxyl groups is 1. The molecular formula is C17H28N2O2. The number of rotatable bonds is 8. The summed E-state index contributed by atoms with van der Waals surface area (Å²) in [6.07, 6.45) is 4.16. The molecular weight excluding hydrogens is 264 g/mol. The molecule has 1 aromatic carbocycles. The van der Waals surface area contributed by atoms with Crippen LogP contribution in [0.15, 0.2) is 24.3 Å². The first-order valence-corrected chi connectivity index (χ1v) is 7.85. The highest BCUT2D eigenvalue weighted by Crippen LogP contribution is 2.31. The van der Waals surface area contributed by atoms with Crippen LogP contribution in [0.4, 0.5) is 5.69 Å². The summed E-state index contributed by atoms with van der Waals surface area (Å²) in [6, 6.07) is 8.55. The maximum absolute atomic E-state index is 10.5. The van der Waals surface area contributed by atoms with Crippen LogP contribution in [0.25, 0.3) is 0 Å². The highest BCUT2D eigenvalue weighted by Gasteiger charge is 2.32. The largest absolute Gasteiger partial charge is 0.388 e. The fourth-order valence-electron chi connectivity index (χ4n) is 3.00. The molecule has 0 saturated heterocycles. The van der Waals surface area contributed by atoms with E-state index >= 15 is 0 Å². The Morgan fingerprint density at radius 2 is 1.90 bits per heavy atom. The van der Waals surface area contributed by atoms with Crippen molar-refractivity contribution in [2.24, 2.45) is 0 Å². The number of nitrogens with one attached hydrogen (secondary N) is 1. The van der Waals surface area contributed by atoms with E-state index in [1.165, 1.54) is 5.56 Å². The van der Waals surface area contributed by atoms with Gasteiger partial charge in [0, 0.05) is 39.5 Å². The molecule has 2 rings (SSSR count). The van der Waals surface area contributed by atoms with Crippen LogP contribution in [0.2, 0.25) is 0 Å². The molecule has 2 N–H and O–H groups in total. The standard InChI is InChI=1S/C17H28N2O2/c1-19(14-17(20)9-3-4-10-17)16-7-5-15(6-8-16)13-18-11-12-21-2/h5-8,18,20H,3-4,9-14H2,1-2H3. The van der Waals surface area contributed by atoms with Crippen molar-refractivity contribution in [1.29, 1.82) is 0 Å². The molecule has 0 amide bonds. The van der Waals surface area contributed by atoms with Gasteiger partial charge in [-0.15, -0.1) is 0 Å². The van der Waals surface area contributed by atoms with Crippen LogP contribution >= 0.6 is 0 Å². The Balaban J connectivity index is 1.83. The number of nitrogens with zero attached hydrogens (tertiary/aromatic N) is 1. The van der Waals surface area contributed by atoms with Gasteiger partial charge in [0.25, 0.3) is 0 Å². The summed E-state index contributed by atoms with van der Waals surface area (Å²) < 4.78 is 5.01. The lowest BCUT2D eigenvalue weighted by Gasteiger charge is -2.30. The zero-order valence-electron chi connectivity index (χ0n) is 13.3. The number of hydrogen-bond acceptors (Lipinski definition) is 4. The topological polar surface area (TPSA) is 44.7 Å². The third kappa shape index (κ3) is 4.99. The van der Waals surface area contributed by atoms with E-state index < -0.39 is 5.60 Å². The summed E-state index contributed by atoms with van der Waals surface area (Å²) in [5, 5.41) is 13.8. The van der Waals surface area contributed by atoms with Crippen molar-refractivity contribution in [1.82, 2.24) is 5.32 Å². The molecule has 0 aromatic heterocycles. The Labute approximate surface area is 128 Å². The van der Waals surface area contributed by atoms with Crippen LogP contribution in [0.3, 0.4) is 0 Å². The monoisotopic (exact) mass is 292 g/mol. The Kier molecular flexibility index (Phi) is 6.03. The number of hydrogen-bond donors (Lipinski definition) is 2. The molecule has 0 atom stereocenters. The number of likely N-dealkylation sites (N-methyl/N-ethyl adjacent to an activating group) is 1. The van der Waals surface area contributed by atoms with E-state index in [1.807, 2.05) is 0 Å². The lowest BCUT2D eigenvalue weighted by molar-refractivity contribution is 0.0559. The summed E-state index contributed by atoms with van der Waals surface area (Å²) >= 11 is 0. The average Bonchev–Trinajstić information content (AvgIpc) is 2.90. The number of anilines is 1. The van der Waals surface area contributed by atoms with E-state index in [2.05, 4.69) is 41.5 Å². The summed E-state index contributed by atoms with van der Waals surface area (Å²) in [4.78, 5) is 2.16. The second kappa shape index (κ2) is 7.78. The molecule has 1 aromatic rings. The first kappa shape index (κ1) is 16.3. The third-order valence-electron chi connectivity index (χ3n) is 4.25. The minimum atomic E-state index is -0.491. The minimum Gasteiger partial charge on any atom is -0.388 e. The second-order valence-corrected chi connectivity index (χ2v) is 6.12. The molecule has 4 nitrogen and oxygen atoms in total. The van der Waals surface area contributed by atoms with Gasteiger partial charge in [-0.3, -0.25) is 0 Å². The van der Waals surface area contributed by atoms with Crippen molar-refractivity contribution in [2.75, 3.05) is 38.8 Å². The van der Waals surface area contributed by atoms with Crippen LogP contribution < -0.4 is 10.2 Å². The van der Waals surface area contributed by atoms with Gasteiger partial charge in [-0.05, 0) is 30.5 Å². The van der Waals surface area contributed by atoms with Gasteiger partial charge in [0.15, 0.2) is 0 Å². The molecule has 1 aliphatic carbocycles. The quantitative estimate of drug-likeness (QED) is 0.721. The van der Waals surface area contributed by atoms with Crippen molar-refractivity contribution in [2.45, 2.75) is 37.8 Å². The van der Waals surface area contributed by atoms with Crippen molar-refractivity contribution in [3.05, 3.63) is 29.8 Å². The number of ether oxygens (including phenoxy) is 1. The fourth-order valence-corrected chi connectivity index (χ4v) is 3.00. The van der Waals surface area contributed by atoms with Gasteiger partial charge in [-0.2, -0.15) is 0 Å². The van der Waals surface area contributed by atoms with Gasteiger partial charge in [0.2, 0.25) is 0 Å². The maximum atomic E-state index is 10.5. The second-order valence-electron chi connectivity index (χ2n) is 6.12. The molecule has 0 heterocycles. The first-order chi connectivity index (χ1) is 10.1. The van der Waals surface area contributed by atoms with E-state index in [-0.39, 0.29) is 0 Å². The van der Waals surface area contributed by atoms with Gasteiger partial charge in [0.05, 0.1) is 12.2 Å². The zero-order chi connectivity index (χ0) is 15.1. The van der Waals surface area contributed by atoms with Gasteiger partial charge < -0.3 is 20.1 Å². The van der Waals surface area contributed by atoms with E-state index in [1.54, 1.807) is 7.11 Å². The highest BCUT2D eigenvalue weighted by atomic mass is 16.5. The van der Waals surface area contributed by atoms with Gasteiger partial charge in [0.1, 0.15) is 0 Å². The molecule has 118 valence electrons. The molecule has 21 heavy (non-hydrogen) atoms. The summed E-state index contributed by atoms with van der Waals surface area (Å²) in [5.74, 6) is 0. The smallest absolute Gasteiger partial charge is 0.0821 e. The summed E-state index contributed by atoms with van der Waals surface area (Å²) in [5.41, 5.74) is 1.94. The predicted octanol–water partition coefficient (Wildman–Crippen LogP) is 2.16. The molecule has 0 unspecified atom stereocenters. The summed E-state index contributed by atoms with van der Waals surface area (Å²) in [6.45, 7) is 3.18. The summed E-state index contributed by atoms with van der Waals surface area (Å²) in [7, 11) is 3.77. The molecule has 4 heteroatoms. The normalized spacial score (nSPS) is 17.1. The Morgan fingerprint density at radius 1 is 1.24 bits per heavy atom. The van der Waals surface area contributed by atoms with Crippen LogP contribution in [0.1, 0.15) is 31.2 Å². The predicted molar refractivity (Wildman–Crippen MR) is 86.7 cm³/mol. The van der Waals surface area contributed by atoms with Gasteiger partial charge in [-0.25, -0.2) is 0 Å². The van der Waals surface area contributed by atoms with Gasteiger partial charge in [-0.1, -0.05) is 25.0 Å². The van der Waals surface area contributed by atoms with Crippen molar-refractivity contribution >= 4 is 5.69 Å². The number of benzene rings is 1. The van der Waals surface area contributed by atoms with Crippen LogP contribution in [-0.4, -0.2) is 44.6 Å². The molecule has 1 aliphatic rings. The fraction of sp³-hybridized carbons (Fsp3) is 0.647. The average molecular weight is 292 g/mol. The molecule has 1 saturated carbocycles. The molecule has 0 spiro atoms. The van der Waals surface area contributed by atoms with Crippen LogP contribution in [0.5, 0.6) is 0 Å².